The summed E-state index contributed by atoms with van der Waals surface area (Å²) in [5, 5.41) is 7.61. The molecule has 2 aliphatic carbocycles. The lowest BCUT2D eigenvalue weighted by molar-refractivity contribution is -0.136. The minimum atomic E-state index is -0.698. The number of hydrogen-bond acceptors (Lipinski definition) is 7. The number of allylic oxidation sites excluding steroid dienone is 3. The molecular formula is C44H52N6O6. The molecule has 0 radical (unpaired) electrons. The smallest absolute Gasteiger partial charge is 0.407 e. The number of hydrogen-bond donors (Lipinski definition) is 3. The van der Waals surface area contributed by atoms with Crippen molar-refractivity contribution in [3.8, 4) is 23.1 Å². The number of nitrogens with zero attached hydrogens (tertiary/aromatic N) is 3. The highest BCUT2D eigenvalue weighted by atomic mass is 16.5. The highest BCUT2D eigenvalue weighted by Gasteiger charge is 2.56. The number of alkyl carbamates (subject to hydrolysis) is 2. The summed E-state index contributed by atoms with van der Waals surface area (Å²) in [5.41, 5.74) is 4.97. The molecule has 3 fully saturated rings. The van der Waals surface area contributed by atoms with Crippen LogP contribution in [0.3, 0.4) is 0 Å². The van der Waals surface area contributed by atoms with Crippen LogP contribution in [0.25, 0.3) is 22.0 Å². The van der Waals surface area contributed by atoms with E-state index in [0.29, 0.717) is 18.9 Å². The van der Waals surface area contributed by atoms with E-state index in [0.717, 1.165) is 58.3 Å². The summed E-state index contributed by atoms with van der Waals surface area (Å²) in [7, 11) is 2.61. The van der Waals surface area contributed by atoms with Crippen LogP contribution in [0.15, 0.2) is 65.9 Å². The average Bonchev–Trinajstić information content (AvgIpc) is 3.66. The number of rotatable bonds is 9. The zero-order valence-corrected chi connectivity index (χ0v) is 33.2. The van der Waals surface area contributed by atoms with Crippen LogP contribution in [0, 0.1) is 35.5 Å². The maximum Gasteiger partial charge on any atom is 0.407 e. The van der Waals surface area contributed by atoms with Gasteiger partial charge in [-0.2, -0.15) is 0 Å². The largest absolute Gasteiger partial charge is 0.453 e. The fourth-order valence-electron chi connectivity index (χ4n) is 8.55. The summed E-state index contributed by atoms with van der Waals surface area (Å²) in [6, 6.07) is 11.2. The average molecular weight is 761 g/mol. The maximum atomic E-state index is 13.8. The zero-order chi connectivity index (χ0) is 39.8. The van der Waals surface area contributed by atoms with Crippen molar-refractivity contribution in [2.24, 2.45) is 23.7 Å². The van der Waals surface area contributed by atoms with E-state index in [9.17, 15) is 19.2 Å². The summed E-state index contributed by atoms with van der Waals surface area (Å²) in [5.74, 6) is 7.89. The molecule has 0 unspecified atom stereocenters. The predicted octanol–water partition coefficient (Wildman–Crippen LogP) is 6.50. The number of amides is 4. The van der Waals surface area contributed by atoms with Crippen molar-refractivity contribution >= 4 is 34.8 Å². The van der Waals surface area contributed by atoms with Gasteiger partial charge in [-0.15, -0.1) is 0 Å². The maximum absolute atomic E-state index is 13.8. The van der Waals surface area contributed by atoms with Gasteiger partial charge in [0, 0.05) is 35.7 Å². The molecule has 2 aliphatic heterocycles. The normalized spacial score (nSPS) is 23.6. The number of methoxy groups -OCH3 is 2. The number of benzene rings is 2. The summed E-state index contributed by atoms with van der Waals surface area (Å²) < 4.78 is 9.58. The van der Waals surface area contributed by atoms with E-state index in [1.54, 1.807) is 0 Å². The third-order valence-electron chi connectivity index (χ3n) is 11.7. The van der Waals surface area contributed by atoms with Gasteiger partial charge in [0.15, 0.2) is 0 Å². The Bertz CT molecular complexity index is 2160. The number of aromatic nitrogens is 2. The molecule has 56 heavy (non-hydrogen) atoms. The van der Waals surface area contributed by atoms with E-state index in [-0.39, 0.29) is 47.7 Å². The minimum absolute atomic E-state index is 0.0130. The van der Waals surface area contributed by atoms with Crippen molar-refractivity contribution in [1.82, 2.24) is 30.4 Å². The molecule has 2 aromatic carbocycles. The molecule has 4 amide bonds. The third kappa shape index (κ3) is 7.90. The quantitative estimate of drug-likeness (QED) is 0.211. The first-order valence-corrected chi connectivity index (χ1v) is 19.7. The van der Waals surface area contributed by atoms with Crippen LogP contribution < -0.4 is 10.6 Å². The van der Waals surface area contributed by atoms with Gasteiger partial charge in [0.1, 0.15) is 17.9 Å². The summed E-state index contributed by atoms with van der Waals surface area (Å²) in [6.07, 6.45) is 8.22. The van der Waals surface area contributed by atoms with Gasteiger partial charge in [-0.1, -0.05) is 76.8 Å². The monoisotopic (exact) mass is 760 g/mol. The van der Waals surface area contributed by atoms with E-state index in [4.69, 9.17) is 14.5 Å². The van der Waals surface area contributed by atoms with Crippen LogP contribution in [0.2, 0.25) is 0 Å². The molecule has 2 saturated heterocycles. The van der Waals surface area contributed by atoms with E-state index in [1.165, 1.54) is 19.8 Å². The Balaban J connectivity index is 1.00. The Morgan fingerprint density at radius 3 is 2.21 bits per heavy atom. The highest BCUT2D eigenvalue weighted by Crippen LogP contribution is 2.51. The van der Waals surface area contributed by atoms with Gasteiger partial charge in [-0.05, 0) is 77.5 Å². The van der Waals surface area contributed by atoms with Crippen LogP contribution in [-0.2, 0) is 19.1 Å². The van der Waals surface area contributed by atoms with Crippen LogP contribution in [0.1, 0.15) is 77.7 Å². The number of carbonyl (C=O) groups excluding carboxylic acids is 4. The number of imidazole rings is 1. The minimum Gasteiger partial charge on any atom is -0.453 e. The highest BCUT2D eigenvalue weighted by molar-refractivity contribution is 5.89. The van der Waals surface area contributed by atoms with E-state index >= 15 is 0 Å². The Kier molecular flexibility index (Phi) is 11.0. The number of piperidine rings is 1. The summed E-state index contributed by atoms with van der Waals surface area (Å²) in [4.78, 5) is 63.6. The number of aromatic amines is 1. The van der Waals surface area contributed by atoms with Crippen LogP contribution in [-0.4, -0.2) is 88.7 Å². The van der Waals surface area contributed by atoms with Gasteiger partial charge in [0.25, 0.3) is 0 Å². The van der Waals surface area contributed by atoms with Gasteiger partial charge in [-0.25, -0.2) is 14.6 Å². The van der Waals surface area contributed by atoms with Gasteiger partial charge in [0.05, 0.1) is 38.2 Å². The van der Waals surface area contributed by atoms with Gasteiger partial charge in [0.2, 0.25) is 11.8 Å². The van der Waals surface area contributed by atoms with E-state index in [2.05, 4.69) is 76.9 Å². The first kappa shape index (κ1) is 38.7. The fourth-order valence-corrected chi connectivity index (χ4v) is 8.55. The number of likely N-dealkylation sites (tertiary alicyclic amines) is 2. The lowest BCUT2D eigenvalue weighted by Crippen LogP contribution is -2.53. The second-order valence-electron chi connectivity index (χ2n) is 16.4. The van der Waals surface area contributed by atoms with Crippen molar-refractivity contribution in [1.29, 1.82) is 0 Å². The Labute approximate surface area is 328 Å². The molecular weight excluding hydrogens is 709 g/mol. The first-order chi connectivity index (χ1) is 26.8. The SMILES string of the molecule is COC(=O)N[C@H](C(=O)N1C[C@@H](C)C[C@H]1c1ncc(-c2ccc3cc(C#CC4=CC=C([C@@H]5C[C@H]6C[C@H]6N5C(=O)[C@@H](NC(=O)OC)C(C)C)C4)ccc3c2)[nH]1)C(C)C. The lowest BCUT2D eigenvalue weighted by Gasteiger charge is -2.33. The molecule has 12 nitrogen and oxygen atoms in total. The molecule has 3 aromatic rings. The van der Waals surface area contributed by atoms with Crippen molar-refractivity contribution in [2.75, 3.05) is 20.8 Å². The van der Waals surface area contributed by atoms with Crippen molar-refractivity contribution in [3.05, 3.63) is 77.3 Å². The summed E-state index contributed by atoms with van der Waals surface area (Å²) >= 11 is 0. The molecule has 0 spiro atoms. The van der Waals surface area contributed by atoms with Crippen LogP contribution in [0.4, 0.5) is 9.59 Å². The number of nitrogens with one attached hydrogen (secondary N) is 3. The van der Waals surface area contributed by atoms with Crippen LogP contribution in [0.5, 0.6) is 0 Å². The Morgan fingerprint density at radius 2 is 1.52 bits per heavy atom. The van der Waals surface area contributed by atoms with E-state index < -0.39 is 24.3 Å². The van der Waals surface area contributed by atoms with Gasteiger partial charge in [-0.3, -0.25) is 9.59 Å². The van der Waals surface area contributed by atoms with Gasteiger partial charge >= 0.3 is 12.2 Å². The zero-order valence-electron chi connectivity index (χ0n) is 33.2. The topological polar surface area (TPSA) is 146 Å². The first-order valence-electron chi connectivity index (χ1n) is 19.7. The molecule has 1 saturated carbocycles. The molecule has 0 bridgehead atoms. The Hall–Kier alpha value is -5.57. The van der Waals surface area contributed by atoms with Crippen molar-refractivity contribution in [2.45, 2.75) is 90.5 Å². The molecule has 4 aliphatic rings. The second kappa shape index (κ2) is 15.9. The third-order valence-corrected chi connectivity index (χ3v) is 11.7. The molecule has 3 N–H and O–H groups in total. The predicted molar refractivity (Wildman–Crippen MR) is 213 cm³/mol. The number of carbonyl (C=O) groups is 4. The van der Waals surface area contributed by atoms with Crippen molar-refractivity contribution in [3.63, 3.8) is 0 Å². The Morgan fingerprint density at radius 1 is 0.839 bits per heavy atom. The summed E-state index contributed by atoms with van der Waals surface area (Å²) in [6.45, 7) is 10.4. The molecule has 7 rings (SSSR count). The molecule has 12 heteroatoms. The second-order valence-corrected chi connectivity index (χ2v) is 16.4. The molecule has 3 heterocycles. The fraction of sp³-hybridized carbons (Fsp3) is 0.477. The van der Waals surface area contributed by atoms with Crippen LogP contribution >= 0.6 is 0 Å². The van der Waals surface area contributed by atoms with Crippen molar-refractivity contribution < 1.29 is 28.7 Å². The molecule has 294 valence electrons. The standard InChI is InChI=1S/C44H52N6O6/c1-24(2)38(47-43(53)55-6)41(51)49-23-26(5)16-37(49)40-45-22-34(46-40)31-15-14-29-17-27(10-12-30(29)19-31)8-9-28-11-13-32(18-28)35-20-33-21-36(33)50(35)42(52)39(25(3)4)48-44(54)56-7/h10-15,17,19,22,24-26,33,35-39H,16,18,20-21,23H2,1-7H3,(H,45,46)(H,47,53)(H,48,54)/t26-,33-,35-,36+,37-,38-,39-/m0/s1. The number of H-pyrrole nitrogens is 1. The van der Waals surface area contributed by atoms with E-state index in [1.807, 2.05) is 49.8 Å². The lowest BCUT2D eigenvalue weighted by atomic mass is 9.97. The molecule has 1 aromatic heterocycles. The number of fused-ring (bicyclic) bond motifs is 2. The number of ether oxygens (including phenoxy) is 2. The molecule has 7 atom stereocenters. The van der Waals surface area contributed by atoms with Gasteiger partial charge < -0.3 is 34.9 Å².